The van der Waals surface area contributed by atoms with E-state index in [2.05, 4.69) is 17.6 Å². The summed E-state index contributed by atoms with van der Waals surface area (Å²) in [6, 6.07) is 8.06. The number of para-hydroxylation sites is 1. The normalized spacial score (nSPS) is 10.6. The first-order valence-corrected chi connectivity index (χ1v) is 4.67. The van der Waals surface area contributed by atoms with Gasteiger partial charge in [-0.05, 0) is 18.1 Å². The van der Waals surface area contributed by atoms with Crippen LogP contribution in [0.25, 0.3) is 10.9 Å². The number of H-pyrrole nitrogens is 1. The van der Waals surface area contributed by atoms with Crippen molar-refractivity contribution in [1.82, 2.24) is 4.98 Å². The predicted molar refractivity (Wildman–Crippen MR) is 58.1 cm³/mol. The van der Waals surface area contributed by atoms with Gasteiger partial charge in [-0.25, -0.2) is 0 Å². The number of aliphatic hydroxyl groups is 1. The number of hydrogen-bond donors (Lipinski definition) is 2. The van der Waals surface area contributed by atoms with Crippen LogP contribution in [0.1, 0.15) is 11.3 Å². The lowest BCUT2D eigenvalue weighted by molar-refractivity contribution is 0.277. The zero-order valence-corrected chi connectivity index (χ0v) is 7.96. The van der Waals surface area contributed by atoms with Crippen molar-refractivity contribution in [3.63, 3.8) is 0 Å². The Morgan fingerprint density at radius 1 is 1.36 bits per heavy atom. The summed E-state index contributed by atoms with van der Waals surface area (Å²) in [4.78, 5) is 3.20. The standard InChI is InChI=1S/C12H13NO/c1-2-5-9-10-6-3-4-7-11(10)13-12(9)8-14/h2-4,6-7,13-14H,1,5,8H2. The maximum absolute atomic E-state index is 9.18. The molecule has 1 aromatic heterocycles. The second-order valence-electron chi connectivity index (χ2n) is 3.28. The number of fused-ring (bicyclic) bond motifs is 1. The van der Waals surface area contributed by atoms with Crippen molar-refractivity contribution in [2.75, 3.05) is 0 Å². The van der Waals surface area contributed by atoms with E-state index in [4.69, 9.17) is 0 Å². The fraction of sp³-hybridized carbons (Fsp3) is 0.167. The lowest BCUT2D eigenvalue weighted by Gasteiger charge is -1.97. The molecule has 1 heterocycles. The van der Waals surface area contributed by atoms with E-state index in [1.807, 2.05) is 24.3 Å². The SMILES string of the molecule is C=CCc1c(CO)[nH]c2ccccc12. The van der Waals surface area contributed by atoms with E-state index in [-0.39, 0.29) is 6.61 Å². The van der Waals surface area contributed by atoms with E-state index < -0.39 is 0 Å². The summed E-state index contributed by atoms with van der Waals surface area (Å²) in [6.07, 6.45) is 2.65. The smallest absolute Gasteiger partial charge is 0.0834 e. The summed E-state index contributed by atoms with van der Waals surface area (Å²) in [7, 11) is 0. The molecule has 2 nitrogen and oxygen atoms in total. The first-order valence-electron chi connectivity index (χ1n) is 4.67. The highest BCUT2D eigenvalue weighted by Gasteiger charge is 2.07. The van der Waals surface area contributed by atoms with Crippen LogP contribution in [0.5, 0.6) is 0 Å². The largest absolute Gasteiger partial charge is 0.390 e. The van der Waals surface area contributed by atoms with Gasteiger partial charge in [-0.15, -0.1) is 6.58 Å². The van der Waals surface area contributed by atoms with Crippen molar-refractivity contribution in [1.29, 1.82) is 0 Å². The third-order valence-electron chi connectivity index (χ3n) is 2.41. The fourth-order valence-corrected chi connectivity index (χ4v) is 1.77. The first kappa shape index (κ1) is 9.03. The molecule has 0 fully saturated rings. The third kappa shape index (κ3) is 1.34. The van der Waals surface area contributed by atoms with Crippen LogP contribution in [0.2, 0.25) is 0 Å². The van der Waals surface area contributed by atoms with Crippen LogP contribution >= 0.6 is 0 Å². The summed E-state index contributed by atoms with van der Waals surface area (Å²) in [5.74, 6) is 0. The van der Waals surface area contributed by atoms with Crippen molar-refractivity contribution >= 4 is 10.9 Å². The van der Waals surface area contributed by atoms with Crippen molar-refractivity contribution in [2.45, 2.75) is 13.0 Å². The summed E-state index contributed by atoms with van der Waals surface area (Å²) < 4.78 is 0. The Labute approximate surface area is 82.9 Å². The highest BCUT2D eigenvalue weighted by atomic mass is 16.3. The summed E-state index contributed by atoms with van der Waals surface area (Å²) in [6.45, 7) is 3.78. The van der Waals surface area contributed by atoms with Crippen molar-refractivity contribution < 1.29 is 5.11 Å². The first-order chi connectivity index (χ1) is 6.86. The van der Waals surface area contributed by atoms with E-state index >= 15 is 0 Å². The molecule has 0 amide bonds. The Bertz CT molecular complexity index is 456. The van der Waals surface area contributed by atoms with Gasteiger partial charge >= 0.3 is 0 Å². The van der Waals surface area contributed by atoms with Gasteiger partial charge < -0.3 is 10.1 Å². The summed E-state index contributed by atoms with van der Waals surface area (Å²) in [5.41, 5.74) is 3.12. The van der Waals surface area contributed by atoms with Crippen LogP contribution < -0.4 is 0 Å². The number of allylic oxidation sites excluding steroid dienone is 1. The maximum atomic E-state index is 9.18. The monoisotopic (exact) mass is 187 g/mol. The topological polar surface area (TPSA) is 36.0 Å². The van der Waals surface area contributed by atoms with Gasteiger partial charge in [0, 0.05) is 16.6 Å². The van der Waals surface area contributed by atoms with E-state index in [0.717, 1.165) is 23.2 Å². The highest BCUT2D eigenvalue weighted by Crippen LogP contribution is 2.22. The zero-order chi connectivity index (χ0) is 9.97. The molecule has 0 aliphatic rings. The van der Waals surface area contributed by atoms with E-state index in [0.29, 0.717) is 0 Å². The van der Waals surface area contributed by atoms with Gasteiger partial charge in [0.2, 0.25) is 0 Å². The van der Waals surface area contributed by atoms with Crippen LogP contribution in [-0.2, 0) is 13.0 Å². The van der Waals surface area contributed by atoms with Crippen molar-refractivity contribution in [2.24, 2.45) is 0 Å². The zero-order valence-electron chi connectivity index (χ0n) is 7.96. The van der Waals surface area contributed by atoms with Crippen LogP contribution in [-0.4, -0.2) is 10.1 Å². The molecule has 0 saturated carbocycles. The number of benzene rings is 1. The average Bonchev–Trinajstić information content (AvgIpc) is 2.58. The van der Waals surface area contributed by atoms with Gasteiger partial charge in [0.15, 0.2) is 0 Å². The Hall–Kier alpha value is -1.54. The minimum atomic E-state index is 0.0534. The van der Waals surface area contributed by atoms with E-state index in [1.165, 1.54) is 5.39 Å². The van der Waals surface area contributed by atoms with Crippen molar-refractivity contribution in [3.05, 3.63) is 48.2 Å². The molecular formula is C12H13NO. The summed E-state index contributed by atoms with van der Waals surface area (Å²) >= 11 is 0. The molecule has 72 valence electrons. The molecule has 0 radical (unpaired) electrons. The average molecular weight is 187 g/mol. The van der Waals surface area contributed by atoms with Gasteiger partial charge in [0.25, 0.3) is 0 Å². The number of aromatic nitrogens is 1. The second-order valence-corrected chi connectivity index (χ2v) is 3.28. The molecule has 0 spiro atoms. The van der Waals surface area contributed by atoms with Crippen LogP contribution in [0, 0.1) is 0 Å². The molecular weight excluding hydrogens is 174 g/mol. The van der Waals surface area contributed by atoms with Crippen LogP contribution in [0.3, 0.4) is 0 Å². The minimum Gasteiger partial charge on any atom is -0.390 e. The molecule has 2 rings (SSSR count). The van der Waals surface area contributed by atoms with E-state index in [9.17, 15) is 5.11 Å². The van der Waals surface area contributed by atoms with Gasteiger partial charge in [-0.1, -0.05) is 24.3 Å². The Morgan fingerprint density at radius 2 is 2.14 bits per heavy atom. The number of nitrogens with one attached hydrogen (secondary N) is 1. The number of aliphatic hydroxyl groups excluding tert-OH is 1. The fourth-order valence-electron chi connectivity index (χ4n) is 1.77. The maximum Gasteiger partial charge on any atom is 0.0834 e. The number of hydrogen-bond acceptors (Lipinski definition) is 1. The Balaban J connectivity index is 2.67. The predicted octanol–water partition coefficient (Wildman–Crippen LogP) is 2.39. The van der Waals surface area contributed by atoms with Gasteiger partial charge in [-0.2, -0.15) is 0 Å². The summed E-state index contributed by atoms with van der Waals surface area (Å²) in [5, 5.41) is 10.4. The molecule has 2 heteroatoms. The van der Waals surface area contributed by atoms with Crippen molar-refractivity contribution in [3.8, 4) is 0 Å². The van der Waals surface area contributed by atoms with Gasteiger partial charge in [0.1, 0.15) is 0 Å². The quantitative estimate of drug-likeness (QED) is 0.711. The highest BCUT2D eigenvalue weighted by molar-refractivity contribution is 5.84. The molecule has 0 unspecified atom stereocenters. The van der Waals surface area contributed by atoms with Crippen LogP contribution in [0.4, 0.5) is 0 Å². The molecule has 0 atom stereocenters. The number of rotatable bonds is 3. The lowest BCUT2D eigenvalue weighted by Crippen LogP contribution is -1.89. The third-order valence-corrected chi connectivity index (χ3v) is 2.41. The number of aromatic amines is 1. The molecule has 0 bridgehead atoms. The van der Waals surface area contributed by atoms with E-state index in [1.54, 1.807) is 0 Å². The molecule has 0 aliphatic heterocycles. The van der Waals surface area contributed by atoms with Crippen LogP contribution in [0.15, 0.2) is 36.9 Å². The van der Waals surface area contributed by atoms with Gasteiger partial charge in [0.05, 0.1) is 6.61 Å². The molecule has 0 saturated heterocycles. The molecule has 1 aromatic carbocycles. The molecule has 0 aliphatic carbocycles. The molecule has 2 aromatic rings. The Kier molecular flexibility index (Phi) is 2.37. The molecule has 14 heavy (non-hydrogen) atoms. The molecule has 2 N–H and O–H groups in total. The Morgan fingerprint density at radius 3 is 2.86 bits per heavy atom. The second kappa shape index (κ2) is 3.68. The minimum absolute atomic E-state index is 0.0534. The van der Waals surface area contributed by atoms with Gasteiger partial charge in [-0.3, -0.25) is 0 Å². The lowest BCUT2D eigenvalue weighted by atomic mass is 10.1.